The normalized spacial score (nSPS) is 14.0. The summed E-state index contributed by atoms with van der Waals surface area (Å²) in [4.78, 5) is 15.3. The van der Waals surface area contributed by atoms with Gasteiger partial charge in [0.2, 0.25) is 0 Å². The molecule has 0 bridgehead atoms. The topological polar surface area (TPSA) is 84.4 Å². The van der Waals surface area contributed by atoms with E-state index in [9.17, 15) is 9.90 Å². The number of nitrogens with zero attached hydrogens (tertiary/aromatic N) is 3. The standard InChI is InChI=1S/C23H26N4O2/c1-15(2)18-11-10-17(14-19(18)28)27-23(29)20(24)22(26-12-6-7-13-26)21(25-27)16-8-4-3-5-9-16/h3-5,8-11,14-15,28H,6-7,12-13,24H2,1-2H3. The lowest BCUT2D eigenvalue weighted by atomic mass is 10.0. The Labute approximate surface area is 170 Å². The molecule has 3 N–H and O–H groups in total. The summed E-state index contributed by atoms with van der Waals surface area (Å²) in [6.45, 7) is 5.74. The minimum Gasteiger partial charge on any atom is -0.508 e. The van der Waals surface area contributed by atoms with Gasteiger partial charge in [-0.2, -0.15) is 9.78 Å². The van der Waals surface area contributed by atoms with Crippen molar-refractivity contribution in [3.05, 3.63) is 64.4 Å². The van der Waals surface area contributed by atoms with Crippen LogP contribution in [0.15, 0.2) is 53.3 Å². The largest absolute Gasteiger partial charge is 0.508 e. The number of anilines is 2. The minimum absolute atomic E-state index is 0.148. The lowest BCUT2D eigenvalue weighted by Crippen LogP contribution is -2.30. The second-order valence-electron chi connectivity index (χ2n) is 7.79. The number of phenols is 1. The van der Waals surface area contributed by atoms with Gasteiger partial charge in [-0.15, -0.1) is 0 Å². The van der Waals surface area contributed by atoms with Crippen molar-refractivity contribution in [3.8, 4) is 22.7 Å². The fourth-order valence-electron chi connectivity index (χ4n) is 3.91. The van der Waals surface area contributed by atoms with Crippen molar-refractivity contribution in [1.29, 1.82) is 0 Å². The molecule has 29 heavy (non-hydrogen) atoms. The van der Waals surface area contributed by atoms with Gasteiger partial charge in [-0.1, -0.05) is 50.2 Å². The summed E-state index contributed by atoms with van der Waals surface area (Å²) < 4.78 is 1.29. The van der Waals surface area contributed by atoms with Crippen molar-refractivity contribution < 1.29 is 5.11 Å². The highest BCUT2D eigenvalue weighted by atomic mass is 16.3. The Balaban J connectivity index is 1.94. The van der Waals surface area contributed by atoms with E-state index < -0.39 is 0 Å². The Bertz CT molecular complexity index is 1080. The first-order valence-electron chi connectivity index (χ1n) is 10.0. The van der Waals surface area contributed by atoms with E-state index in [1.54, 1.807) is 12.1 Å². The molecule has 0 unspecified atom stereocenters. The van der Waals surface area contributed by atoms with Gasteiger partial charge in [-0.3, -0.25) is 4.79 Å². The summed E-state index contributed by atoms with van der Waals surface area (Å²) in [5, 5.41) is 15.1. The van der Waals surface area contributed by atoms with E-state index in [0.29, 0.717) is 17.1 Å². The van der Waals surface area contributed by atoms with Crippen molar-refractivity contribution in [2.24, 2.45) is 0 Å². The number of aromatic nitrogens is 2. The average molecular weight is 390 g/mol. The lowest BCUT2D eigenvalue weighted by Gasteiger charge is -2.23. The molecular formula is C23H26N4O2. The second-order valence-corrected chi connectivity index (χ2v) is 7.79. The Morgan fingerprint density at radius 3 is 2.38 bits per heavy atom. The molecule has 0 spiro atoms. The molecule has 2 heterocycles. The molecule has 0 aliphatic carbocycles. The molecule has 150 valence electrons. The third-order valence-corrected chi connectivity index (χ3v) is 5.45. The molecule has 0 amide bonds. The first kappa shape index (κ1) is 19.1. The second kappa shape index (κ2) is 7.62. The van der Waals surface area contributed by atoms with Crippen molar-refractivity contribution >= 4 is 11.4 Å². The lowest BCUT2D eigenvalue weighted by molar-refractivity contribution is 0.464. The van der Waals surface area contributed by atoms with Gasteiger partial charge in [0, 0.05) is 24.7 Å². The highest BCUT2D eigenvalue weighted by molar-refractivity contribution is 5.84. The summed E-state index contributed by atoms with van der Waals surface area (Å²) in [5.41, 5.74) is 9.80. The smallest absolute Gasteiger partial charge is 0.296 e. The third-order valence-electron chi connectivity index (χ3n) is 5.45. The van der Waals surface area contributed by atoms with Crippen molar-refractivity contribution in [1.82, 2.24) is 9.78 Å². The summed E-state index contributed by atoms with van der Waals surface area (Å²) in [5.74, 6) is 0.325. The zero-order chi connectivity index (χ0) is 20.5. The van der Waals surface area contributed by atoms with Crippen LogP contribution in [0.4, 0.5) is 11.4 Å². The van der Waals surface area contributed by atoms with Crippen LogP contribution in [-0.2, 0) is 0 Å². The van der Waals surface area contributed by atoms with Gasteiger partial charge in [-0.25, -0.2) is 0 Å². The van der Waals surface area contributed by atoms with Crippen LogP contribution in [0.5, 0.6) is 5.75 Å². The maximum atomic E-state index is 13.1. The fraction of sp³-hybridized carbons (Fsp3) is 0.304. The molecule has 0 radical (unpaired) electrons. The maximum Gasteiger partial charge on any atom is 0.296 e. The van der Waals surface area contributed by atoms with Gasteiger partial charge in [0.05, 0.1) is 11.4 Å². The van der Waals surface area contributed by atoms with Gasteiger partial charge in [0.1, 0.15) is 17.1 Å². The first-order chi connectivity index (χ1) is 14.0. The molecular weight excluding hydrogens is 364 g/mol. The number of aromatic hydroxyl groups is 1. The summed E-state index contributed by atoms with van der Waals surface area (Å²) in [6, 6.07) is 15.0. The predicted molar refractivity (Wildman–Crippen MR) is 117 cm³/mol. The van der Waals surface area contributed by atoms with Crippen LogP contribution in [-0.4, -0.2) is 28.0 Å². The minimum atomic E-state index is -0.372. The van der Waals surface area contributed by atoms with Crippen LogP contribution in [0.2, 0.25) is 0 Å². The highest BCUT2D eigenvalue weighted by Crippen LogP contribution is 2.35. The van der Waals surface area contributed by atoms with E-state index in [1.165, 1.54) is 4.68 Å². The number of phenolic OH excluding ortho intramolecular Hbond substituents is 1. The van der Waals surface area contributed by atoms with Crippen LogP contribution < -0.4 is 16.2 Å². The zero-order valence-electron chi connectivity index (χ0n) is 16.8. The highest BCUT2D eigenvalue weighted by Gasteiger charge is 2.24. The molecule has 6 nitrogen and oxygen atoms in total. The SMILES string of the molecule is CC(C)c1ccc(-n2nc(-c3ccccc3)c(N3CCCC3)c(N)c2=O)cc1O. The van der Waals surface area contributed by atoms with Crippen molar-refractivity contribution in [2.45, 2.75) is 32.6 Å². The number of nitrogen functional groups attached to an aromatic ring is 1. The number of hydrogen-bond acceptors (Lipinski definition) is 5. The first-order valence-corrected chi connectivity index (χ1v) is 10.0. The van der Waals surface area contributed by atoms with Crippen molar-refractivity contribution in [2.75, 3.05) is 23.7 Å². The molecule has 1 aliphatic rings. The predicted octanol–water partition coefficient (Wildman–Crippen LogP) is 3.91. The van der Waals surface area contributed by atoms with Crippen LogP contribution >= 0.6 is 0 Å². The molecule has 1 aliphatic heterocycles. The molecule has 0 atom stereocenters. The molecule has 3 aromatic rings. The quantitative estimate of drug-likeness (QED) is 0.706. The van der Waals surface area contributed by atoms with Gasteiger partial charge >= 0.3 is 0 Å². The van der Waals surface area contributed by atoms with E-state index in [4.69, 9.17) is 10.8 Å². The third kappa shape index (κ3) is 3.46. The van der Waals surface area contributed by atoms with E-state index in [0.717, 1.165) is 37.1 Å². The van der Waals surface area contributed by atoms with Crippen molar-refractivity contribution in [3.63, 3.8) is 0 Å². The monoisotopic (exact) mass is 390 g/mol. The van der Waals surface area contributed by atoms with Gasteiger partial charge in [0.15, 0.2) is 0 Å². The van der Waals surface area contributed by atoms with Crippen LogP contribution in [0.25, 0.3) is 16.9 Å². The van der Waals surface area contributed by atoms with E-state index in [2.05, 4.69) is 4.90 Å². The number of rotatable bonds is 4. The van der Waals surface area contributed by atoms with Gasteiger partial charge in [-0.05, 0) is 30.4 Å². The summed E-state index contributed by atoms with van der Waals surface area (Å²) in [6.07, 6.45) is 2.14. The summed E-state index contributed by atoms with van der Waals surface area (Å²) >= 11 is 0. The Morgan fingerprint density at radius 2 is 1.76 bits per heavy atom. The Kier molecular flexibility index (Phi) is 5.01. The van der Waals surface area contributed by atoms with Gasteiger partial charge in [0.25, 0.3) is 5.56 Å². The van der Waals surface area contributed by atoms with E-state index in [1.807, 2.05) is 50.2 Å². The Hall–Kier alpha value is -3.28. The number of hydrogen-bond donors (Lipinski definition) is 2. The Morgan fingerprint density at radius 1 is 1.07 bits per heavy atom. The molecule has 6 heteroatoms. The number of nitrogens with two attached hydrogens (primary N) is 1. The summed E-state index contributed by atoms with van der Waals surface area (Å²) in [7, 11) is 0. The number of benzene rings is 2. The average Bonchev–Trinajstić information content (AvgIpc) is 3.24. The van der Waals surface area contributed by atoms with Crippen LogP contribution in [0, 0.1) is 0 Å². The van der Waals surface area contributed by atoms with Gasteiger partial charge < -0.3 is 15.7 Å². The zero-order valence-corrected chi connectivity index (χ0v) is 16.8. The fourth-order valence-corrected chi connectivity index (χ4v) is 3.91. The van der Waals surface area contributed by atoms with E-state index in [-0.39, 0.29) is 22.9 Å². The van der Waals surface area contributed by atoms with E-state index >= 15 is 0 Å². The molecule has 1 saturated heterocycles. The molecule has 1 fully saturated rings. The maximum absolute atomic E-state index is 13.1. The molecule has 2 aromatic carbocycles. The molecule has 1 aromatic heterocycles. The molecule has 0 saturated carbocycles. The molecule has 4 rings (SSSR count). The van der Waals surface area contributed by atoms with Crippen LogP contribution in [0.3, 0.4) is 0 Å². The van der Waals surface area contributed by atoms with Crippen LogP contribution in [0.1, 0.15) is 38.2 Å².